The summed E-state index contributed by atoms with van der Waals surface area (Å²) in [5, 5.41) is 0. The Balaban J connectivity index is 1.37. The number of benzene rings is 2. The van der Waals surface area contributed by atoms with E-state index in [9.17, 15) is 9.59 Å². The minimum atomic E-state index is -0.347. The molecule has 2 fully saturated rings. The summed E-state index contributed by atoms with van der Waals surface area (Å²) in [5.74, 6) is 0.689. The highest BCUT2D eigenvalue weighted by atomic mass is 16.6. The molecule has 2 aromatic carbocycles. The van der Waals surface area contributed by atoms with E-state index in [2.05, 4.69) is 4.90 Å². The first-order valence-electron chi connectivity index (χ1n) is 10.4. The Labute approximate surface area is 181 Å². The highest BCUT2D eigenvalue weighted by molar-refractivity contribution is 5.90. The number of hydrogen-bond donors (Lipinski definition) is 0. The summed E-state index contributed by atoms with van der Waals surface area (Å²) in [6.07, 6.45) is 1.67. The molecule has 0 saturated carbocycles. The number of fused-ring (bicyclic) bond motifs is 2. The van der Waals surface area contributed by atoms with Crippen molar-refractivity contribution in [1.82, 2.24) is 4.90 Å². The summed E-state index contributed by atoms with van der Waals surface area (Å²) in [6, 6.07) is 14.0. The zero-order valence-corrected chi connectivity index (χ0v) is 17.9. The van der Waals surface area contributed by atoms with Gasteiger partial charge in [-0.1, -0.05) is 0 Å². The molecule has 4 atom stereocenters. The van der Waals surface area contributed by atoms with Crippen molar-refractivity contribution in [2.45, 2.75) is 43.6 Å². The van der Waals surface area contributed by atoms with Crippen LogP contribution in [-0.2, 0) is 9.47 Å². The number of piperidine rings is 1. The number of methoxy groups -OCH3 is 2. The first-order chi connectivity index (χ1) is 15.0. The molecule has 7 nitrogen and oxygen atoms in total. The predicted octanol–water partition coefficient (Wildman–Crippen LogP) is 3.32. The third-order valence-electron chi connectivity index (χ3n) is 6.26. The average Bonchev–Trinajstić information content (AvgIpc) is 2.96. The number of hydrogen-bond acceptors (Lipinski definition) is 7. The van der Waals surface area contributed by atoms with Crippen LogP contribution < -0.4 is 9.47 Å². The SMILES string of the molecule is COc1ccc(C(=O)O[C@@H]2C[C@@H]3C[C@@H](OC(=O)c4ccc(OC)cc4)[C@H](C2)N3C)cc1. The van der Waals surface area contributed by atoms with Crippen molar-refractivity contribution in [3.8, 4) is 11.5 Å². The standard InChI is InChI=1S/C24H27NO6/c1-25-17-12-20(30-23(26)15-4-8-18(28-2)9-5-15)14-21(25)22(13-17)31-24(27)16-6-10-19(29-3)11-7-16/h4-11,17,20-22H,12-14H2,1-3H3/t17-,20-,21+,22-/m1/s1. The van der Waals surface area contributed by atoms with Crippen LogP contribution in [0.4, 0.5) is 0 Å². The van der Waals surface area contributed by atoms with E-state index < -0.39 is 0 Å². The fraction of sp³-hybridized carbons (Fsp3) is 0.417. The van der Waals surface area contributed by atoms with Crippen LogP contribution in [0, 0.1) is 0 Å². The van der Waals surface area contributed by atoms with E-state index in [-0.39, 0.29) is 36.2 Å². The van der Waals surface area contributed by atoms with E-state index >= 15 is 0 Å². The van der Waals surface area contributed by atoms with Crippen LogP contribution in [0.25, 0.3) is 0 Å². The van der Waals surface area contributed by atoms with Crippen molar-refractivity contribution in [3.63, 3.8) is 0 Å². The molecular formula is C24H27NO6. The van der Waals surface area contributed by atoms with Gasteiger partial charge in [-0.25, -0.2) is 9.59 Å². The largest absolute Gasteiger partial charge is 0.497 e. The number of rotatable bonds is 6. The van der Waals surface area contributed by atoms with Crippen molar-refractivity contribution in [1.29, 1.82) is 0 Å². The van der Waals surface area contributed by atoms with Crippen LogP contribution >= 0.6 is 0 Å². The summed E-state index contributed by atoms with van der Waals surface area (Å²) in [6.45, 7) is 0. The monoisotopic (exact) mass is 425 g/mol. The second kappa shape index (κ2) is 8.98. The van der Waals surface area contributed by atoms with Crippen molar-refractivity contribution in [3.05, 3.63) is 59.7 Å². The molecule has 7 heteroatoms. The van der Waals surface area contributed by atoms with Gasteiger partial charge in [0.2, 0.25) is 0 Å². The van der Waals surface area contributed by atoms with E-state index in [0.29, 0.717) is 29.0 Å². The molecule has 4 rings (SSSR count). The zero-order valence-electron chi connectivity index (χ0n) is 17.9. The lowest BCUT2D eigenvalue weighted by Gasteiger charge is -2.36. The van der Waals surface area contributed by atoms with Gasteiger partial charge in [0.05, 0.1) is 31.4 Å². The molecule has 0 aromatic heterocycles. The highest BCUT2D eigenvalue weighted by Gasteiger charge is 2.47. The molecule has 0 N–H and O–H groups in total. The smallest absolute Gasteiger partial charge is 0.338 e. The molecule has 164 valence electrons. The van der Waals surface area contributed by atoms with Crippen molar-refractivity contribution in [2.24, 2.45) is 0 Å². The summed E-state index contributed by atoms with van der Waals surface area (Å²) in [5.41, 5.74) is 0.988. The topological polar surface area (TPSA) is 74.3 Å². The second-order valence-electron chi connectivity index (χ2n) is 8.02. The van der Waals surface area contributed by atoms with Gasteiger partial charge in [-0.15, -0.1) is 0 Å². The molecule has 0 spiro atoms. The fourth-order valence-electron chi connectivity index (χ4n) is 4.48. The molecule has 0 unspecified atom stereocenters. The molecule has 0 radical (unpaired) electrons. The van der Waals surface area contributed by atoms with Crippen LogP contribution in [0.3, 0.4) is 0 Å². The summed E-state index contributed by atoms with van der Waals surface area (Å²) < 4.78 is 21.9. The summed E-state index contributed by atoms with van der Waals surface area (Å²) in [7, 11) is 5.21. The quantitative estimate of drug-likeness (QED) is 0.657. The number of likely N-dealkylation sites (N-methyl/N-ethyl adjacent to an activating group) is 1. The third-order valence-corrected chi connectivity index (χ3v) is 6.26. The summed E-state index contributed by atoms with van der Waals surface area (Å²) >= 11 is 0. The Morgan fingerprint density at radius 3 is 1.81 bits per heavy atom. The Morgan fingerprint density at radius 2 is 1.29 bits per heavy atom. The molecular weight excluding hydrogens is 398 g/mol. The molecule has 0 amide bonds. The number of esters is 2. The molecule has 2 heterocycles. The highest BCUT2D eigenvalue weighted by Crippen LogP contribution is 2.38. The summed E-state index contributed by atoms with van der Waals surface area (Å²) in [4.78, 5) is 27.4. The van der Waals surface area contributed by atoms with Gasteiger partial charge in [0.25, 0.3) is 0 Å². The first-order valence-corrected chi connectivity index (χ1v) is 10.4. The van der Waals surface area contributed by atoms with Crippen molar-refractivity contribution >= 4 is 11.9 Å². The van der Waals surface area contributed by atoms with Crippen LogP contribution in [-0.4, -0.2) is 62.4 Å². The number of nitrogens with zero attached hydrogens (tertiary/aromatic N) is 1. The Morgan fingerprint density at radius 1 is 0.774 bits per heavy atom. The number of carbonyl (C=O) groups excluding carboxylic acids is 2. The normalized spacial score (nSPS) is 25.0. The van der Waals surface area contributed by atoms with Crippen molar-refractivity contribution < 1.29 is 28.5 Å². The fourth-order valence-corrected chi connectivity index (χ4v) is 4.48. The van der Waals surface area contributed by atoms with E-state index in [0.717, 1.165) is 12.8 Å². The first kappa shape index (κ1) is 21.2. The third kappa shape index (κ3) is 4.51. The van der Waals surface area contributed by atoms with E-state index in [4.69, 9.17) is 18.9 Å². The van der Waals surface area contributed by atoms with Gasteiger partial charge >= 0.3 is 11.9 Å². The lowest BCUT2D eigenvalue weighted by molar-refractivity contribution is -0.0152. The average molecular weight is 425 g/mol. The van der Waals surface area contributed by atoms with Crippen molar-refractivity contribution in [2.75, 3.05) is 21.3 Å². The van der Waals surface area contributed by atoms with Gasteiger partial charge < -0.3 is 18.9 Å². The minimum Gasteiger partial charge on any atom is -0.497 e. The van der Waals surface area contributed by atoms with Gasteiger partial charge in [-0.05, 0) is 55.6 Å². The lowest BCUT2D eigenvalue weighted by Crippen LogP contribution is -2.46. The van der Waals surface area contributed by atoms with Crippen LogP contribution in [0.1, 0.15) is 40.0 Å². The Hall–Kier alpha value is -3.06. The van der Waals surface area contributed by atoms with Gasteiger partial charge in [0.15, 0.2) is 0 Å². The van der Waals surface area contributed by atoms with E-state index in [1.54, 1.807) is 62.8 Å². The minimum absolute atomic E-state index is 0.0228. The number of carbonyl (C=O) groups is 2. The predicted molar refractivity (Wildman–Crippen MR) is 114 cm³/mol. The van der Waals surface area contributed by atoms with Gasteiger partial charge in [0, 0.05) is 25.3 Å². The van der Waals surface area contributed by atoms with Crippen LogP contribution in [0.15, 0.2) is 48.5 Å². The zero-order chi connectivity index (χ0) is 22.0. The van der Waals surface area contributed by atoms with E-state index in [1.807, 2.05) is 7.05 Å². The van der Waals surface area contributed by atoms with Gasteiger partial charge in [-0.2, -0.15) is 0 Å². The molecule has 2 bridgehead atoms. The maximum atomic E-state index is 12.6. The molecule has 2 aromatic rings. The van der Waals surface area contributed by atoms with Crippen LogP contribution in [0.5, 0.6) is 11.5 Å². The molecule has 2 aliphatic heterocycles. The maximum absolute atomic E-state index is 12.6. The Kier molecular flexibility index (Phi) is 6.13. The maximum Gasteiger partial charge on any atom is 0.338 e. The van der Waals surface area contributed by atoms with Gasteiger partial charge in [-0.3, -0.25) is 4.90 Å². The number of ether oxygens (including phenoxy) is 4. The second-order valence-corrected chi connectivity index (χ2v) is 8.02. The molecule has 31 heavy (non-hydrogen) atoms. The Bertz CT molecular complexity index is 924. The molecule has 2 aliphatic rings. The lowest BCUT2D eigenvalue weighted by atomic mass is 10.00. The van der Waals surface area contributed by atoms with Gasteiger partial charge in [0.1, 0.15) is 23.7 Å². The molecule has 0 aliphatic carbocycles. The van der Waals surface area contributed by atoms with Crippen LogP contribution in [0.2, 0.25) is 0 Å². The molecule has 2 saturated heterocycles. The van der Waals surface area contributed by atoms with E-state index in [1.165, 1.54) is 0 Å².